The first kappa shape index (κ1) is 23.1. The van der Waals surface area contributed by atoms with Crippen molar-refractivity contribution in [2.75, 3.05) is 40.3 Å². The number of hydrogen-bond acceptors (Lipinski definition) is 4. The molecule has 2 aliphatic rings. The quantitative estimate of drug-likeness (QED) is 0.624. The molecule has 1 atom stereocenters. The third-order valence-corrected chi connectivity index (χ3v) is 7.42. The van der Waals surface area contributed by atoms with Gasteiger partial charge >= 0.3 is 0 Å². The molecule has 1 amide bonds. The summed E-state index contributed by atoms with van der Waals surface area (Å²) in [5, 5.41) is 0. The van der Waals surface area contributed by atoms with Crippen molar-refractivity contribution in [3.05, 3.63) is 47.7 Å². The topological polar surface area (TPSA) is 39.9 Å². The molecule has 5 heteroatoms. The first-order valence-corrected chi connectivity index (χ1v) is 12.3. The number of rotatable bonds is 7. The normalized spacial score (nSPS) is 21.0. The van der Waals surface area contributed by atoms with Crippen molar-refractivity contribution in [1.29, 1.82) is 0 Å². The predicted molar refractivity (Wildman–Crippen MR) is 129 cm³/mol. The van der Waals surface area contributed by atoms with Gasteiger partial charge in [0.25, 0.3) is 0 Å². The van der Waals surface area contributed by atoms with Crippen LogP contribution in [-0.4, -0.2) is 66.9 Å². The van der Waals surface area contributed by atoms with Gasteiger partial charge < -0.3 is 14.2 Å². The van der Waals surface area contributed by atoms with Gasteiger partial charge in [0.2, 0.25) is 5.91 Å². The summed E-state index contributed by atoms with van der Waals surface area (Å²) in [6.07, 6.45) is 6.34. The Morgan fingerprint density at radius 3 is 2.62 bits per heavy atom. The number of furan rings is 1. The molecule has 1 aromatic heterocycles. The van der Waals surface area contributed by atoms with Crippen LogP contribution >= 0.6 is 0 Å². The number of aryl methyl sites for hydroxylation is 1. The molecular formula is C27H39N3O2. The van der Waals surface area contributed by atoms with E-state index in [0.29, 0.717) is 24.3 Å². The van der Waals surface area contributed by atoms with Crippen LogP contribution in [0.3, 0.4) is 0 Å². The number of carbonyl (C=O) groups is 1. The summed E-state index contributed by atoms with van der Waals surface area (Å²) in [6, 6.07) is 13.1. The van der Waals surface area contributed by atoms with Crippen molar-refractivity contribution >= 4 is 5.91 Å². The van der Waals surface area contributed by atoms with E-state index in [9.17, 15) is 4.79 Å². The Kier molecular flexibility index (Phi) is 7.69. The number of benzene rings is 1. The highest BCUT2D eigenvalue weighted by Crippen LogP contribution is 2.29. The van der Waals surface area contributed by atoms with Gasteiger partial charge in [0.15, 0.2) is 0 Å². The van der Waals surface area contributed by atoms with E-state index in [0.717, 1.165) is 63.5 Å². The SMILES string of the molecule is Cc1ccc(-c2ccccc2CN2CCC[C@@H](CCC(=O)N(C)C3CCN(C)CC3)C2)o1. The van der Waals surface area contributed by atoms with Crippen LogP contribution < -0.4 is 0 Å². The van der Waals surface area contributed by atoms with E-state index in [4.69, 9.17) is 4.42 Å². The van der Waals surface area contributed by atoms with Gasteiger partial charge in [0.1, 0.15) is 11.5 Å². The van der Waals surface area contributed by atoms with Gasteiger partial charge in [-0.15, -0.1) is 0 Å². The monoisotopic (exact) mass is 437 g/mol. The van der Waals surface area contributed by atoms with Gasteiger partial charge in [-0.05, 0) is 89.3 Å². The molecule has 0 aliphatic carbocycles. The molecule has 5 nitrogen and oxygen atoms in total. The van der Waals surface area contributed by atoms with E-state index in [1.807, 2.05) is 24.9 Å². The standard InChI is InChI=1S/C27H39N3O2/c1-21-10-12-26(32-21)25-9-5-4-8-23(25)20-30-16-6-7-22(19-30)11-13-27(31)29(3)24-14-17-28(2)18-15-24/h4-5,8-10,12,22,24H,6-7,11,13-20H2,1-3H3/t22-/m0/s1. The zero-order valence-electron chi connectivity index (χ0n) is 20.1. The van der Waals surface area contributed by atoms with Crippen LogP contribution in [0.4, 0.5) is 0 Å². The van der Waals surface area contributed by atoms with Crippen molar-refractivity contribution in [3.8, 4) is 11.3 Å². The van der Waals surface area contributed by atoms with E-state index >= 15 is 0 Å². The molecule has 0 radical (unpaired) electrons. The smallest absolute Gasteiger partial charge is 0.222 e. The van der Waals surface area contributed by atoms with E-state index in [-0.39, 0.29) is 0 Å². The Hall–Kier alpha value is -2.11. The van der Waals surface area contributed by atoms with Crippen molar-refractivity contribution in [1.82, 2.24) is 14.7 Å². The number of nitrogens with zero attached hydrogens (tertiary/aromatic N) is 3. The maximum absolute atomic E-state index is 12.8. The van der Waals surface area contributed by atoms with Crippen molar-refractivity contribution < 1.29 is 9.21 Å². The average Bonchev–Trinajstić information content (AvgIpc) is 3.24. The first-order chi connectivity index (χ1) is 15.5. The second-order valence-electron chi connectivity index (χ2n) is 9.89. The minimum absolute atomic E-state index is 0.329. The molecule has 1 aromatic carbocycles. The van der Waals surface area contributed by atoms with Gasteiger partial charge in [-0.3, -0.25) is 9.69 Å². The lowest BCUT2D eigenvalue weighted by atomic mass is 9.92. The largest absolute Gasteiger partial charge is 0.461 e. The fraction of sp³-hybridized carbons (Fsp3) is 0.593. The predicted octanol–water partition coefficient (Wildman–Crippen LogP) is 4.80. The fourth-order valence-electron chi connectivity index (χ4n) is 5.34. The van der Waals surface area contributed by atoms with Crippen LogP contribution in [0.25, 0.3) is 11.3 Å². The molecule has 3 heterocycles. The van der Waals surface area contributed by atoms with Crippen molar-refractivity contribution in [2.45, 2.75) is 58.0 Å². The molecule has 2 aliphatic heterocycles. The summed E-state index contributed by atoms with van der Waals surface area (Å²) in [6.45, 7) is 7.34. The number of carbonyl (C=O) groups excluding carboxylic acids is 1. The molecule has 0 N–H and O–H groups in total. The summed E-state index contributed by atoms with van der Waals surface area (Å²) in [4.78, 5) is 19.8. The van der Waals surface area contributed by atoms with E-state index < -0.39 is 0 Å². The maximum Gasteiger partial charge on any atom is 0.222 e. The number of likely N-dealkylation sites (tertiary alicyclic amines) is 2. The lowest BCUT2D eigenvalue weighted by molar-refractivity contribution is -0.133. The number of hydrogen-bond donors (Lipinski definition) is 0. The van der Waals surface area contributed by atoms with Gasteiger partial charge in [-0.2, -0.15) is 0 Å². The molecule has 0 bridgehead atoms. The molecule has 0 saturated carbocycles. The van der Waals surface area contributed by atoms with Gasteiger partial charge in [0, 0.05) is 38.2 Å². The lowest BCUT2D eigenvalue weighted by Gasteiger charge is -2.36. The molecule has 2 fully saturated rings. The van der Waals surface area contributed by atoms with E-state index in [2.05, 4.69) is 47.2 Å². The number of amides is 1. The molecule has 0 unspecified atom stereocenters. The van der Waals surface area contributed by atoms with Crippen LogP contribution in [-0.2, 0) is 11.3 Å². The number of piperidine rings is 2. The fourth-order valence-corrected chi connectivity index (χ4v) is 5.34. The minimum atomic E-state index is 0.329. The van der Waals surface area contributed by atoms with Gasteiger partial charge in [-0.1, -0.05) is 24.3 Å². The summed E-state index contributed by atoms with van der Waals surface area (Å²) in [5.74, 6) is 2.84. The van der Waals surface area contributed by atoms with Gasteiger partial charge in [0.05, 0.1) is 0 Å². The van der Waals surface area contributed by atoms with E-state index in [1.54, 1.807) is 0 Å². The highest BCUT2D eigenvalue weighted by molar-refractivity contribution is 5.76. The van der Waals surface area contributed by atoms with Gasteiger partial charge in [-0.25, -0.2) is 0 Å². The van der Waals surface area contributed by atoms with Crippen LogP contribution in [0, 0.1) is 12.8 Å². The summed E-state index contributed by atoms with van der Waals surface area (Å²) >= 11 is 0. The molecule has 2 aromatic rings. The summed E-state index contributed by atoms with van der Waals surface area (Å²) in [5.41, 5.74) is 2.51. The molecular weight excluding hydrogens is 398 g/mol. The second-order valence-corrected chi connectivity index (χ2v) is 9.89. The Balaban J connectivity index is 1.29. The zero-order valence-corrected chi connectivity index (χ0v) is 20.1. The Morgan fingerprint density at radius 2 is 1.88 bits per heavy atom. The second kappa shape index (κ2) is 10.7. The molecule has 174 valence electrons. The zero-order chi connectivity index (χ0) is 22.5. The van der Waals surface area contributed by atoms with Crippen LogP contribution in [0.1, 0.15) is 49.8 Å². The lowest BCUT2D eigenvalue weighted by Crippen LogP contribution is -2.44. The Morgan fingerprint density at radius 1 is 1.09 bits per heavy atom. The maximum atomic E-state index is 12.8. The van der Waals surface area contributed by atoms with Crippen molar-refractivity contribution in [2.24, 2.45) is 5.92 Å². The molecule has 32 heavy (non-hydrogen) atoms. The molecule has 2 saturated heterocycles. The highest BCUT2D eigenvalue weighted by Gasteiger charge is 2.26. The first-order valence-electron chi connectivity index (χ1n) is 12.3. The third-order valence-electron chi connectivity index (χ3n) is 7.42. The summed E-state index contributed by atoms with van der Waals surface area (Å²) < 4.78 is 5.90. The Bertz CT molecular complexity index is 885. The Labute approximate surface area is 193 Å². The van der Waals surface area contributed by atoms with Crippen molar-refractivity contribution in [3.63, 3.8) is 0 Å². The molecule has 4 rings (SSSR count). The van der Waals surface area contributed by atoms with E-state index in [1.165, 1.54) is 24.0 Å². The summed E-state index contributed by atoms with van der Waals surface area (Å²) in [7, 11) is 4.18. The average molecular weight is 438 g/mol. The third kappa shape index (κ3) is 5.81. The van der Waals surface area contributed by atoms with Crippen LogP contribution in [0.5, 0.6) is 0 Å². The van der Waals surface area contributed by atoms with Crippen LogP contribution in [0.15, 0.2) is 40.8 Å². The van der Waals surface area contributed by atoms with Crippen LogP contribution in [0.2, 0.25) is 0 Å². The molecule has 0 spiro atoms. The minimum Gasteiger partial charge on any atom is -0.461 e. The highest BCUT2D eigenvalue weighted by atomic mass is 16.3.